The highest BCUT2D eigenvalue weighted by atomic mass is 16.2. The predicted molar refractivity (Wildman–Crippen MR) is 105 cm³/mol. The second-order valence-corrected chi connectivity index (χ2v) is 6.63. The van der Waals surface area contributed by atoms with Crippen LogP contribution in [0.2, 0.25) is 0 Å². The third kappa shape index (κ3) is 3.77. The Bertz CT molecular complexity index is 1000. The molecule has 0 aliphatic heterocycles. The Kier molecular flexibility index (Phi) is 5.41. The summed E-state index contributed by atoms with van der Waals surface area (Å²) < 4.78 is 3.18. The van der Waals surface area contributed by atoms with Crippen LogP contribution in [-0.4, -0.2) is 15.3 Å². The average molecular weight is 362 g/mol. The highest BCUT2D eigenvalue weighted by Gasteiger charge is 2.20. The Morgan fingerprint density at radius 2 is 2.04 bits per heavy atom. The number of carbonyl (C=O) groups is 1. The first-order chi connectivity index (χ1) is 13.0. The number of anilines is 1. The van der Waals surface area contributed by atoms with E-state index >= 15 is 0 Å². The smallest absolute Gasteiger partial charge is 0.295 e. The molecule has 0 saturated carbocycles. The lowest BCUT2D eigenvalue weighted by Crippen LogP contribution is -2.23. The van der Waals surface area contributed by atoms with E-state index in [1.54, 1.807) is 24.7 Å². The summed E-state index contributed by atoms with van der Waals surface area (Å²) in [6, 6.07) is 11.2. The van der Waals surface area contributed by atoms with E-state index in [2.05, 4.69) is 17.5 Å². The van der Waals surface area contributed by atoms with Crippen LogP contribution < -0.4 is 10.9 Å². The summed E-state index contributed by atoms with van der Waals surface area (Å²) in [5.41, 5.74) is 1.24. The van der Waals surface area contributed by atoms with Crippen LogP contribution in [0.5, 0.6) is 0 Å². The van der Waals surface area contributed by atoms with Gasteiger partial charge in [0.25, 0.3) is 11.5 Å². The molecular weight excluding hydrogens is 340 g/mol. The summed E-state index contributed by atoms with van der Waals surface area (Å²) in [5.74, 6) is -0.369. The van der Waals surface area contributed by atoms with Crippen LogP contribution in [0.4, 0.5) is 5.69 Å². The van der Waals surface area contributed by atoms with Crippen molar-refractivity contribution in [1.29, 1.82) is 5.26 Å². The van der Waals surface area contributed by atoms with Gasteiger partial charge in [-0.05, 0) is 44.2 Å². The van der Waals surface area contributed by atoms with Gasteiger partial charge in [-0.25, -0.2) is 4.68 Å². The first-order valence-electron chi connectivity index (χ1n) is 8.95. The zero-order chi connectivity index (χ0) is 19.4. The molecule has 6 heteroatoms. The molecule has 1 aliphatic rings. The zero-order valence-corrected chi connectivity index (χ0v) is 15.5. The molecule has 6 nitrogen and oxygen atoms in total. The average Bonchev–Trinajstić information content (AvgIpc) is 2.90. The number of nitriles is 1. The number of rotatable bonds is 4. The molecule has 0 saturated heterocycles. The fourth-order valence-corrected chi connectivity index (χ4v) is 3.26. The van der Waals surface area contributed by atoms with E-state index in [0.29, 0.717) is 11.4 Å². The Balaban J connectivity index is 1.90. The van der Waals surface area contributed by atoms with Gasteiger partial charge in [-0.2, -0.15) is 5.26 Å². The largest absolute Gasteiger partial charge is 0.315 e. The highest BCUT2D eigenvalue weighted by molar-refractivity contribution is 6.06. The molecule has 1 aliphatic carbocycles. The van der Waals surface area contributed by atoms with E-state index in [1.165, 1.54) is 4.68 Å². The van der Waals surface area contributed by atoms with Crippen molar-refractivity contribution in [2.45, 2.75) is 26.2 Å². The van der Waals surface area contributed by atoms with Crippen molar-refractivity contribution < 1.29 is 4.79 Å². The number of hydrogen-bond acceptors (Lipinski definition) is 3. The Morgan fingerprint density at radius 3 is 2.67 bits per heavy atom. The molecular formula is C21H22N4O2. The van der Waals surface area contributed by atoms with E-state index in [4.69, 9.17) is 0 Å². The molecule has 1 heterocycles. The molecule has 0 unspecified atom stereocenters. The third-order valence-electron chi connectivity index (χ3n) is 4.87. The first kappa shape index (κ1) is 18.5. The Hall–Kier alpha value is -3.33. The minimum atomic E-state index is -0.543. The van der Waals surface area contributed by atoms with Gasteiger partial charge in [0.15, 0.2) is 0 Å². The number of allylic oxidation sites excluding steroid dienone is 3. The summed E-state index contributed by atoms with van der Waals surface area (Å²) in [6.07, 6.45) is 8.57. The summed E-state index contributed by atoms with van der Waals surface area (Å²) in [6.45, 7) is 1.76. The van der Waals surface area contributed by atoms with Crippen LogP contribution >= 0.6 is 0 Å². The van der Waals surface area contributed by atoms with Gasteiger partial charge in [0, 0.05) is 7.05 Å². The standard InChI is InChI=1S/C21H22N4O2/c1-15-19(21(27)25(24(15)2)18-11-7-4-8-12-18)23-20(26)17(14-22)13-16-9-5-3-6-10-16/h3-5,7-8,11-13,16H,6,9-10H2,1-2H3,(H,23,26)/b17-13+/t16-/m1/s1. The molecule has 1 atom stereocenters. The predicted octanol–water partition coefficient (Wildman–Crippen LogP) is 3.23. The molecule has 1 N–H and O–H groups in total. The van der Waals surface area contributed by atoms with Crippen molar-refractivity contribution in [3.05, 3.63) is 70.2 Å². The van der Waals surface area contributed by atoms with Gasteiger partial charge in [0.1, 0.15) is 17.3 Å². The fraction of sp³-hybridized carbons (Fsp3) is 0.286. The maximum absolute atomic E-state index is 12.9. The van der Waals surface area contributed by atoms with E-state index in [9.17, 15) is 14.9 Å². The zero-order valence-electron chi connectivity index (χ0n) is 15.5. The summed E-state index contributed by atoms with van der Waals surface area (Å²) in [5, 5.41) is 12.0. The lowest BCUT2D eigenvalue weighted by molar-refractivity contribution is -0.112. The van der Waals surface area contributed by atoms with E-state index < -0.39 is 5.91 Å². The van der Waals surface area contributed by atoms with Gasteiger partial charge in [0.05, 0.1) is 11.4 Å². The minimum Gasteiger partial charge on any atom is -0.315 e. The van der Waals surface area contributed by atoms with Gasteiger partial charge < -0.3 is 5.32 Å². The number of carbonyl (C=O) groups excluding carboxylic acids is 1. The van der Waals surface area contributed by atoms with Gasteiger partial charge in [-0.15, -0.1) is 0 Å². The lowest BCUT2D eigenvalue weighted by atomic mass is 9.92. The van der Waals surface area contributed by atoms with Crippen molar-refractivity contribution in [3.8, 4) is 11.8 Å². The topological polar surface area (TPSA) is 79.8 Å². The van der Waals surface area contributed by atoms with Crippen LogP contribution in [0.3, 0.4) is 0 Å². The minimum absolute atomic E-state index is 0.0456. The van der Waals surface area contributed by atoms with Crippen molar-refractivity contribution in [3.63, 3.8) is 0 Å². The molecule has 1 aromatic heterocycles. The summed E-state index contributed by atoms with van der Waals surface area (Å²) in [4.78, 5) is 25.5. The van der Waals surface area contributed by atoms with Crippen LogP contribution in [0.1, 0.15) is 25.0 Å². The van der Waals surface area contributed by atoms with Crippen molar-refractivity contribution in [2.75, 3.05) is 5.32 Å². The molecule has 0 bridgehead atoms. The number of amides is 1. The molecule has 0 fully saturated rings. The number of aromatic nitrogens is 2. The molecule has 2 aromatic rings. The van der Waals surface area contributed by atoms with Crippen molar-refractivity contribution in [1.82, 2.24) is 9.36 Å². The van der Waals surface area contributed by atoms with Gasteiger partial charge >= 0.3 is 0 Å². The number of nitrogens with zero attached hydrogens (tertiary/aromatic N) is 3. The summed E-state index contributed by atoms with van der Waals surface area (Å²) in [7, 11) is 1.76. The molecule has 1 amide bonds. The van der Waals surface area contributed by atoms with Gasteiger partial charge in [-0.1, -0.05) is 36.4 Å². The summed E-state index contributed by atoms with van der Waals surface area (Å²) >= 11 is 0. The molecule has 27 heavy (non-hydrogen) atoms. The number of para-hydroxylation sites is 1. The van der Waals surface area contributed by atoms with Crippen LogP contribution in [-0.2, 0) is 11.8 Å². The molecule has 138 valence electrons. The lowest BCUT2D eigenvalue weighted by Gasteiger charge is -2.13. The second kappa shape index (κ2) is 7.92. The van der Waals surface area contributed by atoms with E-state index in [-0.39, 0.29) is 22.7 Å². The van der Waals surface area contributed by atoms with Gasteiger partial charge in [0.2, 0.25) is 0 Å². The quantitative estimate of drug-likeness (QED) is 0.515. The maximum atomic E-state index is 12.9. The van der Waals surface area contributed by atoms with E-state index in [0.717, 1.165) is 19.3 Å². The van der Waals surface area contributed by atoms with Crippen molar-refractivity contribution >= 4 is 11.6 Å². The van der Waals surface area contributed by atoms with E-state index in [1.807, 2.05) is 36.4 Å². The Labute approximate surface area is 158 Å². The molecule has 3 rings (SSSR count). The third-order valence-corrected chi connectivity index (χ3v) is 4.87. The Morgan fingerprint density at radius 1 is 1.30 bits per heavy atom. The maximum Gasteiger partial charge on any atom is 0.295 e. The fourth-order valence-electron chi connectivity index (χ4n) is 3.26. The highest BCUT2D eigenvalue weighted by Crippen LogP contribution is 2.21. The molecule has 1 aromatic carbocycles. The number of benzene rings is 1. The van der Waals surface area contributed by atoms with Crippen LogP contribution in [0, 0.1) is 24.2 Å². The van der Waals surface area contributed by atoms with Crippen LogP contribution in [0.15, 0.2) is 58.9 Å². The number of hydrogen-bond donors (Lipinski definition) is 1. The monoisotopic (exact) mass is 362 g/mol. The van der Waals surface area contributed by atoms with Gasteiger partial charge in [-0.3, -0.25) is 14.3 Å². The number of nitrogens with one attached hydrogen (secondary N) is 1. The second-order valence-electron chi connectivity index (χ2n) is 6.63. The van der Waals surface area contributed by atoms with Crippen molar-refractivity contribution in [2.24, 2.45) is 13.0 Å². The van der Waals surface area contributed by atoms with Crippen LogP contribution in [0.25, 0.3) is 5.69 Å². The SMILES string of the molecule is Cc1c(NC(=O)/C(C#N)=C/[C@@H]2CC=CCC2)c(=O)n(-c2ccccc2)n1C. The molecule has 0 radical (unpaired) electrons. The molecule has 0 spiro atoms. The normalized spacial score (nSPS) is 16.8. The first-order valence-corrected chi connectivity index (χ1v) is 8.95.